The monoisotopic (exact) mass is 255 g/mol. The van der Waals surface area contributed by atoms with Gasteiger partial charge in [-0.15, -0.1) is 0 Å². The van der Waals surface area contributed by atoms with Crippen molar-refractivity contribution in [3.8, 4) is 0 Å². The normalized spacial score (nSPS) is 12.7. The van der Waals surface area contributed by atoms with E-state index in [0.717, 1.165) is 31.7 Å². The molecule has 0 spiro atoms. The van der Waals surface area contributed by atoms with Gasteiger partial charge in [0.15, 0.2) is 0 Å². The Hall–Kier alpha value is -1.07. The maximum absolute atomic E-state index is 5.54. The summed E-state index contributed by atoms with van der Waals surface area (Å²) in [5.41, 5.74) is 0.946. The smallest absolute Gasteiger partial charge is 0.297 e. The van der Waals surface area contributed by atoms with Crippen LogP contribution in [0, 0.1) is 0 Å². The number of hydrogen-bond donors (Lipinski definition) is 1. The van der Waals surface area contributed by atoms with Gasteiger partial charge in [-0.1, -0.05) is 6.92 Å². The first-order chi connectivity index (χ1) is 8.72. The first-order valence-corrected chi connectivity index (χ1v) is 6.63. The Bertz CT molecular complexity index is 328. The van der Waals surface area contributed by atoms with E-state index in [2.05, 4.69) is 36.0 Å². The Morgan fingerprint density at radius 2 is 2.28 bits per heavy atom. The fourth-order valence-corrected chi connectivity index (χ4v) is 1.87. The maximum atomic E-state index is 5.54. The maximum Gasteiger partial charge on any atom is 0.297 e. The number of ether oxygens (including phenoxy) is 1. The molecular formula is C13H25N3O2. The molecule has 0 aliphatic carbocycles. The molecule has 1 atom stereocenters. The zero-order valence-electron chi connectivity index (χ0n) is 11.9. The molecule has 0 radical (unpaired) electrons. The van der Waals surface area contributed by atoms with E-state index in [1.807, 2.05) is 0 Å². The summed E-state index contributed by atoms with van der Waals surface area (Å²) < 4.78 is 10.7. The van der Waals surface area contributed by atoms with E-state index in [1.165, 1.54) is 0 Å². The molecule has 1 rings (SSSR count). The van der Waals surface area contributed by atoms with E-state index in [-0.39, 0.29) is 6.04 Å². The van der Waals surface area contributed by atoms with Gasteiger partial charge in [0.1, 0.15) is 6.26 Å². The number of methoxy groups -OCH3 is 1. The summed E-state index contributed by atoms with van der Waals surface area (Å²) in [5.74, 6) is 0. The van der Waals surface area contributed by atoms with Crippen molar-refractivity contribution < 1.29 is 9.15 Å². The third kappa shape index (κ3) is 4.31. The number of rotatable bonds is 9. The fraction of sp³-hybridized carbons (Fsp3) is 0.769. The molecule has 1 heterocycles. The summed E-state index contributed by atoms with van der Waals surface area (Å²) in [6, 6.07) is 0.936. The summed E-state index contributed by atoms with van der Waals surface area (Å²) in [6.07, 6.45) is 2.84. The highest BCUT2D eigenvalue weighted by molar-refractivity contribution is 5.28. The van der Waals surface area contributed by atoms with Gasteiger partial charge in [0.2, 0.25) is 0 Å². The topological polar surface area (TPSA) is 50.5 Å². The number of aromatic nitrogens is 1. The second-order valence-corrected chi connectivity index (χ2v) is 4.39. The van der Waals surface area contributed by atoms with Crippen LogP contribution in [0.4, 0.5) is 6.01 Å². The van der Waals surface area contributed by atoms with Crippen LogP contribution in [0.15, 0.2) is 10.7 Å². The van der Waals surface area contributed by atoms with Crippen LogP contribution in [0.2, 0.25) is 0 Å². The standard InChI is InChI=1S/C13H25N3O2/c1-5-7-14-8-12-10-18-13(15-12)16(6-2)11(3)9-17-4/h10-11,14H,5-9H2,1-4H3. The molecule has 18 heavy (non-hydrogen) atoms. The Kier molecular flexibility index (Phi) is 6.75. The van der Waals surface area contributed by atoms with Crippen molar-refractivity contribution in [3.05, 3.63) is 12.0 Å². The number of likely N-dealkylation sites (N-methyl/N-ethyl adjacent to an activating group) is 1. The molecule has 1 aromatic rings. The second kappa shape index (κ2) is 8.11. The Morgan fingerprint density at radius 1 is 1.50 bits per heavy atom. The molecule has 5 nitrogen and oxygen atoms in total. The summed E-state index contributed by atoms with van der Waals surface area (Å²) >= 11 is 0. The zero-order chi connectivity index (χ0) is 13.4. The van der Waals surface area contributed by atoms with Crippen LogP contribution < -0.4 is 10.2 Å². The van der Waals surface area contributed by atoms with Crippen molar-refractivity contribution in [1.29, 1.82) is 0 Å². The molecule has 0 aromatic carbocycles. The van der Waals surface area contributed by atoms with Crippen LogP contribution in [0.3, 0.4) is 0 Å². The zero-order valence-corrected chi connectivity index (χ0v) is 11.9. The van der Waals surface area contributed by atoms with Gasteiger partial charge >= 0.3 is 0 Å². The van der Waals surface area contributed by atoms with Gasteiger partial charge in [0.25, 0.3) is 6.01 Å². The molecule has 1 unspecified atom stereocenters. The molecule has 104 valence electrons. The lowest BCUT2D eigenvalue weighted by molar-refractivity contribution is 0.180. The van der Waals surface area contributed by atoms with E-state index in [1.54, 1.807) is 13.4 Å². The van der Waals surface area contributed by atoms with Crippen LogP contribution in [-0.2, 0) is 11.3 Å². The van der Waals surface area contributed by atoms with E-state index < -0.39 is 0 Å². The van der Waals surface area contributed by atoms with Gasteiger partial charge in [-0.3, -0.25) is 0 Å². The summed E-state index contributed by atoms with van der Waals surface area (Å²) in [5, 5.41) is 3.31. The largest absolute Gasteiger partial charge is 0.432 e. The summed E-state index contributed by atoms with van der Waals surface area (Å²) in [7, 11) is 1.71. The van der Waals surface area contributed by atoms with Crippen LogP contribution in [0.1, 0.15) is 32.9 Å². The SMILES string of the molecule is CCCNCc1coc(N(CC)C(C)COC)n1. The molecule has 5 heteroatoms. The van der Waals surface area contributed by atoms with E-state index in [9.17, 15) is 0 Å². The number of hydrogen-bond acceptors (Lipinski definition) is 5. The molecule has 0 aliphatic heterocycles. The lowest BCUT2D eigenvalue weighted by atomic mass is 10.3. The molecule has 1 N–H and O–H groups in total. The Balaban J connectivity index is 2.58. The minimum Gasteiger partial charge on any atom is -0.432 e. The number of nitrogens with one attached hydrogen (secondary N) is 1. The number of nitrogens with zero attached hydrogens (tertiary/aromatic N) is 2. The molecule has 1 aromatic heterocycles. The molecule has 0 aliphatic rings. The first kappa shape index (κ1) is 15.0. The van der Waals surface area contributed by atoms with E-state index in [4.69, 9.17) is 9.15 Å². The van der Waals surface area contributed by atoms with Crippen molar-refractivity contribution in [2.75, 3.05) is 31.7 Å². The van der Waals surface area contributed by atoms with Crippen LogP contribution in [-0.4, -0.2) is 37.8 Å². The average molecular weight is 255 g/mol. The molecule has 0 amide bonds. The lowest BCUT2D eigenvalue weighted by Gasteiger charge is -2.25. The van der Waals surface area contributed by atoms with Crippen LogP contribution in [0.25, 0.3) is 0 Å². The summed E-state index contributed by atoms with van der Waals surface area (Å²) in [4.78, 5) is 6.60. The van der Waals surface area contributed by atoms with Gasteiger partial charge in [-0.2, -0.15) is 4.98 Å². The van der Waals surface area contributed by atoms with Gasteiger partial charge < -0.3 is 19.4 Å². The minimum absolute atomic E-state index is 0.259. The molecule has 0 fully saturated rings. The Labute approximate surface area is 110 Å². The van der Waals surface area contributed by atoms with Gasteiger partial charge in [-0.25, -0.2) is 0 Å². The summed E-state index contributed by atoms with van der Waals surface area (Å²) in [6.45, 7) is 9.61. The van der Waals surface area contributed by atoms with E-state index in [0.29, 0.717) is 12.6 Å². The third-order valence-electron chi connectivity index (χ3n) is 2.80. The van der Waals surface area contributed by atoms with Crippen molar-refractivity contribution in [3.63, 3.8) is 0 Å². The van der Waals surface area contributed by atoms with Gasteiger partial charge in [-0.05, 0) is 26.8 Å². The molecule has 0 saturated heterocycles. The number of anilines is 1. The quantitative estimate of drug-likeness (QED) is 0.684. The van der Waals surface area contributed by atoms with Crippen molar-refractivity contribution >= 4 is 6.01 Å². The van der Waals surface area contributed by atoms with Crippen molar-refractivity contribution in [2.45, 2.75) is 39.8 Å². The van der Waals surface area contributed by atoms with Gasteiger partial charge in [0, 0.05) is 20.2 Å². The Morgan fingerprint density at radius 3 is 2.89 bits per heavy atom. The predicted octanol–water partition coefficient (Wildman–Crippen LogP) is 2.04. The molecular weight excluding hydrogens is 230 g/mol. The fourth-order valence-electron chi connectivity index (χ4n) is 1.87. The van der Waals surface area contributed by atoms with Crippen molar-refractivity contribution in [2.24, 2.45) is 0 Å². The molecule has 0 saturated carbocycles. The highest BCUT2D eigenvalue weighted by atomic mass is 16.5. The average Bonchev–Trinajstić information content (AvgIpc) is 2.79. The minimum atomic E-state index is 0.259. The van der Waals surface area contributed by atoms with E-state index >= 15 is 0 Å². The second-order valence-electron chi connectivity index (χ2n) is 4.39. The first-order valence-electron chi connectivity index (χ1n) is 6.63. The van der Waals surface area contributed by atoms with Crippen molar-refractivity contribution in [1.82, 2.24) is 10.3 Å². The highest BCUT2D eigenvalue weighted by Crippen LogP contribution is 2.16. The van der Waals surface area contributed by atoms with Crippen LogP contribution in [0.5, 0.6) is 0 Å². The van der Waals surface area contributed by atoms with Crippen LogP contribution >= 0.6 is 0 Å². The predicted molar refractivity (Wildman–Crippen MR) is 72.9 cm³/mol. The molecule has 0 bridgehead atoms. The lowest BCUT2D eigenvalue weighted by Crippen LogP contribution is -2.36. The number of oxazole rings is 1. The third-order valence-corrected chi connectivity index (χ3v) is 2.80. The van der Waals surface area contributed by atoms with Gasteiger partial charge in [0.05, 0.1) is 18.3 Å². The highest BCUT2D eigenvalue weighted by Gasteiger charge is 2.17.